The lowest BCUT2D eigenvalue weighted by Crippen LogP contribution is -2.18. The fourth-order valence-electron chi connectivity index (χ4n) is 2.40. The Morgan fingerprint density at radius 1 is 1.06 bits per heavy atom. The molecule has 0 bridgehead atoms. The molecule has 0 aromatic heterocycles. The van der Waals surface area contributed by atoms with E-state index in [-0.39, 0.29) is 5.82 Å². The monoisotopic (exact) mass is 227 g/mol. The highest BCUT2D eigenvalue weighted by Gasteiger charge is 2.19. The van der Waals surface area contributed by atoms with Crippen LogP contribution in [0.5, 0.6) is 0 Å². The Morgan fingerprint density at radius 2 is 1.82 bits per heavy atom. The van der Waals surface area contributed by atoms with Crippen molar-refractivity contribution in [1.29, 1.82) is 0 Å². The molecule has 3 rings (SSSR count). The minimum atomic E-state index is -0.170. The Morgan fingerprint density at radius 3 is 2.59 bits per heavy atom. The molecule has 0 fully saturated rings. The lowest BCUT2D eigenvalue weighted by molar-refractivity contribution is 0.626. The molecular formula is C15H14FN. The average Bonchev–Trinajstić information content (AvgIpc) is 2.74. The van der Waals surface area contributed by atoms with Crippen LogP contribution >= 0.6 is 0 Å². The minimum absolute atomic E-state index is 0.170. The summed E-state index contributed by atoms with van der Waals surface area (Å²) in [5.74, 6) is -0.170. The second-order valence-electron chi connectivity index (χ2n) is 4.53. The van der Waals surface area contributed by atoms with Crippen molar-refractivity contribution in [3.05, 3.63) is 65.5 Å². The van der Waals surface area contributed by atoms with Crippen LogP contribution in [-0.2, 0) is 12.8 Å². The predicted molar refractivity (Wildman–Crippen MR) is 67.7 cm³/mol. The summed E-state index contributed by atoms with van der Waals surface area (Å²) in [5, 5.41) is 3.50. The first-order valence-electron chi connectivity index (χ1n) is 5.90. The van der Waals surface area contributed by atoms with Crippen LogP contribution in [0.15, 0.2) is 48.5 Å². The van der Waals surface area contributed by atoms with E-state index in [4.69, 9.17) is 0 Å². The third-order valence-electron chi connectivity index (χ3n) is 3.24. The van der Waals surface area contributed by atoms with Crippen LogP contribution in [0, 0.1) is 5.82 Å². The van der Waals surface area contributed by atoms with Crippen LogP contribution in [0.1, 0.15) is 11.1 Å². The summed E-state index contributed by atoms with van der Waals surface area (Å²) in [7, 11) is 0. The number of anilines is 1. The number of hydrogen-bond donors (Lipinski definition) is 1. The molecule has 17 heavy (non-hydrogen) atoms. The van der Waals surface area contributed by atoms with Crippen LogP contribution in [0.3, 0.4) is 0 Å². The molecule has 0 aliphatic carbocycles. The van der Waals surface area contributed by atoms with Crippen LogP contribution < -0.4 is 5.32 Å². The molecule has 0 saturated carbocycles. The Hall–Kier alpha value is -1.83. The van der Waals surface area contributed by atoms with Crippen molar-refractivity contribution in [3.63, 3.8) is 0 Å². The van der Waals surface area contributed by atoms with Crippen molar-refractivity contribution >= 4 is 5.69 Å². The molecule has 0 radical (unpaired) electrons. The fraction of sp³-hybridized carbons (Fsp3) is 0.200. The van der Waals surface area contributed by atoms with Gasteiger partial charge in [0.1, 0.15) is 5.82 Å². The maximum atomic E-state index is 12.8. The Kier molecular flexibility index (Phi) is 2.56. The lowest BCUT2D eigenvalue weighted by atomic mass is 10.0. The van der Waals surface area contributed by atoms with Crippen LogP contribution in [0.2, 0.25) is 0 Å². The zero-order valence-corrected chi connectivity index (χ0v) is 9.49. The van der Waals surface area contributed by atoms with Gasteiger partial charge in [-0.25, -0.2) is 4.39 Å². The zero-order valence-electron chi connectivity index (χ0n) is 9.49. The van der Waals surface area contributed by atoms with Crippen LogP contribution in [-0.4, -0.2) is 6.04 Å². The van der Waals surface area contributed by atoms with Gasteiger partial charge in [0.05, 0.1) is 0 Å². The van der Waals surface area contributed by atoms with Gasteiger partial charge in [-0.1, -0.05) is 30.3 Å². The second kappa shape index (κ2) is 4.21. The first kappa shape index (κ1) is 10.3. The van der Waals surface area contributed by atoms with E-state index < -0.39 is 0 Å². The SMILES string of the molecule is Fc1ccc(C[C@@H]2Cc3ccccc3N2)cc1. The van der Waals surface area contributed by atoms with Crippen molar-refractivity contribution in [1.82, 2.24) is 0 Å². The standard InChI is InChI=1S/C15H14FN/c16-13-7-5-11(6-8-13)9-14-10-12-3-1-2-4-15(12)17-14/h1-8,14,17H,9-10H2/t14-/m1/s1. The van der Waals surface area contributed by atoms with Gasteiger partial charge in [0.15, 0.2) is 0 Å². The number of para-hydroxylation sites is 1. The molecule has 2 heteroatoms. The van der Waals surface area contributed by atoms with Crippen molar-refractivity contribution in [2.24, 2.45) is 0 Å². The minimum Gasteiger partial charge on any atom is -0.381 e. The van der Waals surface area contributed by atoms with Gasteiger partial charge in [-0.15, -0.1) is 0 Å². The molecule has 1 aliphatic heterocycles. The molecule has 0 amide bonds. The van der Waals surface area contributed by atoms with E-state index >= 15 is 0 Å². The highest BCUT2D eigenvalue weighted by atomic mass is 19.1. The van der Waals surface area contributed by atoms with Gasteiger partial charge in [0.25, 0.3) is 0 Å². The maximum Gasteiger partial charge on any atom is 0.123 e. The first-order chi connectivity index (χ1) is 8.31. The molecule has 86 valence electrons. The summed E-state index contributed by atoms with van der Waals surface area (Å²) in [6.45, 7) is 0. The Labute approximate surface area is 100 Å². The Bertz CT molecular complexity index is 494. The molecule has 2 aromatic rings. The third-order valence-corrected chi connectivity index (χ3v) is 3.24. The molecule has 0 saturated heterocycles. The molecular weight excluding hydrogens is 213 g/mol. The van der Waals surface area contributed by atoms with Crippen molar-refractivity contribution in [2.45, 2.75) is 18.9 Å². The largest absolute Gasteiger partial charge is 0.381 e. The van der Waals surface area contributed by atoms with E-state index in [1.165, 1.54) is 28.9 Å². The summed E-state index contributed by atoms with van der Waals surface area (Å²) in [4.78, 5) is 0. The number of halogens is 1. The van der Waals surface area contributed by atoms with E-state index in [2.05, 4.69) is 23.5 Å². The summed E-state index contributed by atoms with van der Waals surface area (Å²) in [6, 6.07) is 15.6. The topological polar surface area (TPSA) is 12.0 Å². The molecule has 2 aromatic carbocycles. The quantitative estimate of drug-likeness (QED) is 0.829. The first-order valence-corrected chi connectivity index (χ1v) is 5.90. The van der Waals surface area contributed by atoms with Crippen LogP contribution in [0.4, 0.5) is 10.1 Å². The highest BCUT2D eigenvalue weighted by Crippen LogP contribution is 2.26. The highest BCUT2D eigenvalue weighted by molar-refractivity contribution is 5.56. The number of benzene rings is 2. The van der Waals surface area contributed by atoms with Gasteiger partial charge in [-0.3, -0.25) is 0 Å². The van der Waals surface area contributed by atoms with Gasteiger partial charge in [0, 0.05) is 11.7 Å². The van der Waals surface area contributed by atoms with Gasteiger partial charge < -0.3 is 5.32 Å². The van der Waals surface area contributed by atoms with Gasteiger partial charge in [0.2, 0.25) is 0 Å². The smallest absolute Gasteiger partial charge is 0.123 e. The van der Waals surface area contributed by atoms with Crippen molar-refractivity contribution in [2.75, 3.05) is 5.32 Å². The predicted octanol–water partition coefficient (Wildman–Crippen LogP) is 3.41. The molecule has 1 nitrogen and oxygen atoms in total. The number of fused-ring (bicyclic) bond motifs is 1. The number of nitrogens with one attached hydrogen (secondary N) is 1. The van der Waals surface area contributed by atoms with E-state index in [0.717, 1.165) is 12.8 Å². The zero-order chi connectivity index (χ0) is 11.7. The second-order valence-corrected chi connectivity index (χ2v) is 4.53. The van der Waals surface area contributed by atoms with E-state index in [1.54, 1.807) is 0 Å². The lowest BCUT2D eigenvalue weighted by Gasteiger charge is -2.11. The number of hydrogen-bond acceptors (Lipinski definition) is 1. The molecule has 0 spiro atoms. The van der Waals surface area contributed by atoms with Crippen LogP contribution in [0.25, 0.3) is 0 Å². The van der Waals surface area contributed by atoms with E-state index in [0.29, 0.717) is 6.04 Å². The molecule has 1 aliphatic rings. The molecule has 1 heterocycles. The van der Waals surface area contributed by atoms with Crippen molar-refractivity contribution in [3.8, 4) is 0 Å². The molecule has 0 unspecified atom stereocenters. The fourth-order valence-corrected chi connectivity index (χ4v) is 2.40. The number of rotatable bonds is 2. The Balaban J connectivity index is 1.71. The average molecular weight is 227 g/mol. The summed E-state index contributed by atoms with van der Waals surface area (Å²) in [6.07, 6.45) is 1.99. The summed E-state index contributed by atoms with van der Waals surface area (Å²) < 4.78 is 12.8. The molecule has 1 N–H and O–H groups in total. The van der Waals surface area contributed by atoms with E-state index in [1.807, 2.05) is 18.2 Å². The normalized spacial score (nSPS) is 17.6. The summed E-state index contributed by atoms with van der Waals surface area (Å²) in [5.41, 5.74) is 3.79. The summed E-state index contributed by atoms with van der Waals surface area (Å²) >= 11 is 0. The van der Waals surface area contributed by atoms with Gasteiger partial charge in [-0.05, 0) is 42.2 Å². The van der Waals surface area contributed by atoms with Gasteiger partial charge >= 0.3 is 0 Å². The maximum absolute atomic E-state index is 12.8. The van der Waals surface area contributed by atoms with Crippen molar-refractivity contribution < 1.29 is 4.39 Å². The van der Waals surface area contributed by atoms with Gasteiger partial charge in [-0.2, -0.15) is 0 Å². The third kappa shape index (κ3) is 2.16. The molecule has 1 atom stereocenters. The van der Waals surface area contributed by atoms with E-state index in [9.17, 15) is 4.39 Å².